The van der Waals surface area contributed by atoms with Gasteiger partial charge in [0.25, 0.3) is 0 Å². The van der Waals surface area contributed by atoms with Crippen LogP contribution in [0.5, 0.6) is 0 Å². The molecule has 0 aromatic carbocycles. The fourth-order valence-corrected chi connectivity index (χ4v) is 3.89. The normalized spacial score (nSPS) is 32.5. The molecule has 0 aromatic heterocycles. The van der Waals surface area contributed by atoms with Crippen LogP contribution in [-0.2, 0) is 0 Å². The molecular weight excluding hydrogens is 222 g/mol. The van der Waals surface area contributed by atoms with Crippen LogP contribution in [0.3, 0.4) is 0 Å². The second-order valence-corrected chi connectivity index (χ2v) is 6.99. The average molecular weight is 251 g/mol. The first-order valence-electron chi connectivity index (χ1n) is 7.84. The van der Waals surface area contributed by atoms with Crippen molar-refractivity contribution in [2.45, 2.75) is 62.6 Å². The number of nitrogens with zero attached hydrogens (tertiary/aromatic N) is 2. The lowest BCUT2D eigenvalue weighted by Crippen LogP contribution is -2.51. The van der Waals surface area contributed by atoms with Crippen LogP contribution in [-0.4, -0.2) is 61.2 Å². The lowest BCUT2D eigenvalue weighted by molar-refractivity contribution is 0.104. The number of hydrogen-bond acceptors (Lipinski definition) is 3. The minimum atomic E-state index is 0.481. The van der Waals surface area contributed by atoms with Gasteiger partial charge in [0.05, 0.1) is 0 Å². The number of rotatable bonds is 5. The van der Waals surface area contributed by atoms with Crippen molar-refractivity contribution in [3.05, 3.63) is 0 Å². The van der Waals surface area contributed by atoms with E-state index >= 15 is 0 Å². The molecule has 104 valence electrons. The molecular formula is C15H29N3. The molecule has 2 saturated carbocycles. The van der Waals surface area contributed by atoms with Crippen LogP contribution < -0.4 is 5.32 Å². The molecule has 1 unspecified atom stereocenters. The maximum absolute atomic E-state index is 3.79. The van der Waals surface area contributed by atoms with Gasteiger partial charge in [-0.3, -0.25) is 4.90 Å². The van der Waals surface area contributed by atoms with Crippen molar-refractivity contribution in [2.24, 2.45) is 0 Å². The first-order chi connectivity index (χ1) is 8.68. The third-order valence-electron chi connectivity index (χ3n) is 5.32. The quantitative estimate of drug-likeness (QED) is 0.802. The van der Waals surface area contributed by atoms with Gasteiger partial charge < -0.3 is 10.2 Å². The highest BCUT2D eigenvalue weighted by Crippen LogP contribution is 2.35. The summed E-state index contributed by atoms with van der Waals surface area (Å²) in [7, 11) is 4.56. The van der Waals surface area contributed by atoms with Gasteiger partial charge in [0.1, 0.15) is 0 Å². The lowest BCUT2D eigenvalue weighted by Gasteiger charge is -2.39. The van der Waals surface area contributed by atoms with Gasteiger partial charge in [-0.1, -0.05) is 12.8 Å². The highest BCUT2D eigenvalue weighted by Gasteiger charge is 2.39. The van der Waals surface area contributed by atoms with Gasteiger partial charge in [-0.05, 0) is 52.7 Å². The zero-order valence-corrected chi connectivity index (χ0v) is 12.1. The topological polar surface area (TPSA) is 18.5 Å². The molecule has 3 aliphatic rings. The fourth-order valence-electron chi connectivity index (χ4n) is 3.89. The lowest BCUT2D eigenvalue weighted by atomic mass is 9.95. The molecule has 1 aliphatic heterocycles. The van der Waals surface area contributed by atoms with Crippen molar-refractivity contribution < 1.29 is 0 Å². The van der Waals surface area contributed by atoms with E-state index in [-0.39, 0.29) is 0 Å². The van der Waals surface area contributed by atoms with E-state index in [0.29, 0.717) is 5.54 Å². The molecule has 1 atom stereocenters. The van der Waals surface area contributed by atoms with E-state index in [0.717, 1.165) is 12.1 Å². The zero-order chi connectivity index (χ0) is 12.6. The number of hydrogen-bond donors (Lipinski definition) is 1. The van der Waals surface area contributed by atoms with Crippen molar-refractivity contribution in [1.29, 1.82) is 0 Å². The van der Waals surface area contributed by atoms with E-state index < -0.39 is 0 Å². The van der Waals surface area contributed by atoms with Crippen LogP contribution in [0.1, 0.15) is 44.9 Å². The summed E-state index contributed by atoms with van der Waals surface area (Å²) < 4.78 is 0. The average Bonchev–Trinajstić information content (AvgIpc) is 2.85. The minimum absolute atomic E-state index is 0.481. The molecule has 0 bridgehead atoms. The molecule has 0 radical (unpaired) electrons. The Bertz CT molecular complexity index is 279. The van der Waals surface area contributed by atoms with Crippen LogP contribution in [0, 0.1) is 0 Å². The Labute approximate surface area is 112 Å². The van der Waals surface area contributed by atoms with Crippen molar-refractivity contribution >= 4 is 0 Å². The predicted molar refractivity (Wildman–Crippen MR) is 75.9 cm³/mol. The van der Waals surface area contributed by atoms with Gasteiger partial charge in [-0.2, -0.15) is 0 Å². The molecule has 1 saturated heterocycles. The summed E-state index contributed by atoms with van der Waals surface area (Å²) in [6.45, 7) is 3.88. The molecule has 0 aromatic rings. The van der Waals surface area contributed by atoms with Crippen molar-refractivity contribution in [1.82, 2.24) is 15.1 Å². The monoisotopic (exact) mass is 251 g/mol. The summed E-state index contributed by atoms with van der Waals surface area (Å²) in [6, 6.07) is 1.64. The predicted octanol–water partition coefficient (Wildman–Crippen LogP) is 1.69. The number of likely N-dealkylation sites (N-methyl/N-ethyl adjacent to an activating group) is 1. The van der Waals surface area contributed by atoms with Gasteiger partial charge in [0.2, 0.25) is 0 Å². The summed E-state index contributed by atoms with van der Waals surface area (Å²) in [6.07, 6.45) is 9.84. The molecule has 1 N–H and O–H groups in total. The Morgan fingerprint density at radius 2 is 1.83 bits per heavy atom. The SMILES string of the molecule is CN(C)C1(CN2CCC(NC3CC3)C2)CCCC1. The molecule has 3 fully saturated rings. The van der Waals surface area contributed by atoms with E-state index in [1.165, 1.54) is 64.6 Å². The molecule has 0 spiro atoms. The van der Waals surface area contributed by atoms with Crippen molar-refractivity contribution in [3.8, 4) is 0 Å². The highest BCUT2D eigenvalue weighted by molar-refractivity contribution is 4.98. The van der Waals surface area contributed by atoms with E-state index in [9.17, 15) is 0 Å². The Morgan fingerprint density at radius 3 is 2.44 bits per heavy atom. The first-order valence-corrected chi connectivity index (χ1v) is 7.84. The van der Waals surface area contributed by atoms with Gasteiger partial charge in [-0.25, -0.2) is 0 Å². The van der Waals surface area contributed by atoms with Gasteiger partial charge in [0, 0.05) is 30.7 Å². The Balaban J connectivity index is 1.52. The summed E-state index contributed by atoms with van der Waals surface area (Å²) in [4.78, 5) is 5.22. The van der Waals surface area contributed by atoms with Crippen LogP contribution in [0.25, 0.3) is 0 Å². The van der Waals surface area contributed by atoms with Gasteiger partial charge >= 0.3 is 0 Å². The second-order valence-electron chi connectivity index (χ2n) is 6.99. The molecule has 2 aliphatic carbocycles. The van der Waals surface area contributed by atoms with Crippen molar-refractivity contribution in [3.63, 3.8) is 0 Å². The maximum Gasteiger partial charge on any atom is 0.0330 e. The Kier molecular flexibility index (Phi) is 3.65. The minimum Gasteiger partial charge on any atom is -0.310 e. The van der Waals surface area contributed by atoms with Crippen LogP contribution >= 0.6 is 0 Å². The standard InChI is InChI=1S/C15H29N3/c1-17(2)15(8-3-4-9-15)12-18-10-7-14(11-18)16-13-5-6-13/h13-14,16H,3-12H2,1-2H3. The molecule has 0 amide bonds. The number of likely N-dealkylation sites (tertiary alicyclic amines) is 1. The summed E-state index contributed by atoms with van der Waals surface area (Å²) in [5, 5.41) is 3.79. The third-order valence-corrected chi connectivity index (χ3v) is 5.32. The molecule has 3 rings (SSSR count). The van der Waals surface area contributed by atoms with E-state index in [2.05, 4.69) is 29.2 Å². The molecule has 3 heteroatoms. The second kappa shape index (κ2) is 5.10. The highest BCUT2D eigenvalue weighted by atomic mass is 15.3. The smallest absolute Gasteiger partial charge is 0.0330 e. The van der Waals surface area contributed by atoms with Crippen LogP contribution in [0.2, 0.25) is 0 Å². The maximum atomic E-state index is 3.79. The number of nitrogens with one attached hydrogen (secondary N) is 1. The third kappa shape index (κ3) is 2.73. The Morgan fingerprint density at radius 1 is 1.11 bits per heavy atom. The van der Waals surface area contributed by atoms with Gasteiger partial charge in [0.15, 0.2) is 0 Å². The summed E-state index contributed by atoms with van der Waals surface area (Å²) >= 11 is 0. The summed E-state index contributed by atoms with van der Waals surface area (Å²) in [5.74, 6) is 0. The largest absolute Gasteiger partial charge is 0.310 e. The molecule has 1 heterocycles. The zero-order valence-electron chi connectivity index (χ0n) is 12.1. The summed E-state index contributed by atoms with van der Waals surface area (Å²) in [5.41, 5.74) is 0.481. The van der Waals surface area contributed by atoms with E-state index in [4.69, 9.17) is 0 Å². The van der Waals surface area contributed by atoms with Crippen LogP contribution in [0.15, 0.2) is 0 Å². The van der Waals surface area contributed by atoms with E-state index in [1.807, 2.05) is 0 Å². The fraction of sp³-hybridized carbons (Fsp3) is 1.00. The molecule has 3 nitrogen and oxygen atoms in total. The molecule has 18 heavy (non-hydrogen) atoms. The Hall–Kier alpha value is -0.120. The van der Waals surface area contributed by atoms with Gasteiger partial charge in [-0.15, -0.1) is 0 Å². The first kappa shape index (κ1) is 12.9. The van der Waals surface area contributed by atoms with E-state index in [1.54, 1.807) is 0 Å². The van der Waals surface area contributed by atoms with Crippen LogP contribution in [0.4, 0.5) is 0 Å². The van der Waals surface area contributed by atoms with Crippen molar-refractivity contribution in [2.75, 3.05) is 33.7 Å².